The third-order valence-corrected chi connectivity index (χ3v) is 6.13. The molecule has 5 nitrogen and oxygen atoms in total. The summed E-state index contributed by atoms with van der Waals surface area (Å²) in [5.41, 5.74) is 3.81. The van der Waals surface area contributed by atoms with Crippen molar-refractivity contribution in [2.24, 2.45) is 5.92 Å². The van der Waals surface area contributed by atoms with Crippen LogP contribution in [0, 0.1) is 11.7 Å². The molecule has 0 aromatic heterocycles. The lowest BCUT2D eigenvalue weighted by molar-refractivity contribution is -0.121. The molecule has 172 valence electrons. The molecule has 0 saturated carbocycles. The number of benzene rings is 3. The Morgan fingerprint density at radius 3 is 2.42 bits per heavy atom. The van der Waals surface area contributed by atoms with Gasteiger partial charge in [0.15, 0.2) is 0 Å². The molecule has 3 aromatic carbocycles. The van der Waals surface area contributed by atoms with Crippen LogP contribution in [0.3, 0.4) is 0 Å². The standard InChI is InChI=1S/C27H29FN2O3/c1-32-25-8-4-6-21(16-25)20-5-3-7-24(15-20)29-27(31)19-11-13-30(14-12-19)18-22-9-10-23(28)17-26(22)33-2/h3-10,15-17,19H,11-14,18H2,1-2H3,(H,29,31). The third kappa shape index (κ3) is 5.71. The van der Waals surface area contributed by atoms with E-state index < -0.39 is 0 Å². The Bertz CT molecular complexity index is 1110. The number of carbonyl (C=O) groups is 1. The number of anilines is 1. The molecule has 33 heavy (non-hydrogen) atoms. The molecule has 1 N–H and O–H groups in total. The third-order valence-electron chi connectivity index (χ3n) is 6.13. The maximum absolute atomic E-state index is 13.4. The van der Waals surface area contributed by atoms with E-state index in [-0.39, 0.29) is 17.6 Å². The number of rotatable bonds is 7. The first kappa shape index (κ1) is 22.8. The van der Waals surface area contributed by atoms with Gasteiger partial charge in [-0.05, 0) is 67.4 Å². The van der Waals surface area contributed by atoms with Crippen LogP contribution in [-0.4, -0.2) is 38.1 Å². The second-order valence-corrected chi connectivity index (χ2v) is 8.31. The summed E-state index contributed by atoms with van der Waals surface area (Å²) in [6, 6.07) is 20.4. The molecule has 1 aliphatic heterocycles. The lowest BCUT2D eigenvalue weighted by atomic mass is 9.95. The molecule has 0 unspecified atom stereocenters. The number of hydrogen-bond acceptors (Lipinski definition) is 4. The predicted molar refractivity (Wildman–Crippen MR) is 128 cm³/mol. The van der Waals surface area contributed by atoms with Crippen LogP contribution in [0.2, 0.25) is 0 Å². The zero-order chi connectivity index (χ0) is 23.2. The summed E-state index contributed by atoms with van der Waals surface area (Å²) < 4.78 is 24.1. The van der Waals surface area contributed by atoms with Crippen molar-refractivity contribution in [2.75, 3.05) is 32.6 Å². The van der Waals surface area contributed by atoms with Crippen LogP contribution in [0.5, 0.6) is 11.5 Å². The Kier molecular flexibility index (Phi) is 7.25. The molecule has 0 radical (unpaired) electrons. The Morgan fingerprint density at radius 1 is 0.970 bits per heavy atom. The number of halogens is 1. The Balaban J connectivity index is 1.34. The van der Waals surface area contributed by atoms with Crippen molar-refractivity contribution in [3.8, 4) is 22.6 Å². The number of hydrogen-bond donors (Lipinski definition) is 1. The van der Waals surface area contributed by atoms with Gasteiger partial charge in [0.2, 0.25) is 5.91 Å². The first-order valence-corrected chi connectivity index (χ1v) is 11.2. The fourth-order valence-corrected chi connectivity index (χ4v) is 4.27. The van der Waals surface area contributed by atoms with Gasteiger partial charge in [-0.2, -0.15) is 0 Å². The van der Waals surface area contributed by atoms with Crippen molar-refractivity contribution in [1.82, 2.24) is 4.90 Å². The highest BCUT2D eigenvalue weighted by atomic mass is 19.1. The molecule has 6 heteroatoms. The summed E-state index contributed by atoms with van der Waals surface area (Å²) in [4.78, 5) is 15.2. The second-order valence-electron chi connectivity index (χ2n) is 8.31. The minimum Gasteiger partial charge on any atom is -0.497 e. The van der Waals surface area contributed by atoms with Crippen molar-refractivity contribution in [2.45, 2.75) is 19.4 Å². The molecule has 1 aliphatic rings. The van der Waals surface area contributed by atoms with E-state index in [0.29, 0.717) is 12.3 Å². The molecular formula is C27H29FN2O3. The number of nitrogens with one attached hydrogen (secondary N) is 1. The molecule has 0 spiro atoms. The summed E-state index contributed by atoms with van der Waals surface area (Å²) in [6.45, 7) is 2.30. The first-order valence-electron chi connectivity index (χ1n) is 11.2. The first-order chi connectivity index (χ1) is 16.1. The number of amides is 1. The lowest BCUT2D eigenvalue weighted by Gasteiger charge is -2.31. The quantitative estimate of drug-likeness (QED) is 0.529. The lowest BCUT2D eigenvalue weighted by Crippen LogP contribution is -2.37. The van der Waals surface area contributed by atoms with Gasteiger partial charge in [-0.3, -0.25) is 9.69 Å². The van der Waals surface area contributed by atoms with Gasteiger partial charge >= 0.3 is 0 Å². The highest BCUT2D eigenvalue weighted by Gasteiger charge is 2.25. The minimum atomic E-state index is -0.304. The summed E-state index contributed by atoms with van der Waals surface area (Å²) in [5, 5.41) is 3.09. The maximum Gasteiger partial charge on any atom is 0.227 e. The maximum atomic E-state index is 13.4. The molecule has 1 amide bonds. The van der Waals surface area contributed by atoms with Gasteiger partial charge in [-0.1, -0.05) is 30.3 Å². The zero-order valence-corrected chi connectivity index (χ0v) is 19.0. The van der Waals surface area contributed by atoms with Gasteiger partial charge < -0.3 is 14.8 Å². The van der Waals surface area contributed by atoms with Crippen molar-refractivity contribution < 1.29 is 18.7 Å². The summed E-state index contributed by atoms with van der Waals surface area (Å²) >= 11 is 0. The van der Waals surface area contributed by atoms with Gasteiger partial charge in [-0.25, -0.2) is 4.39 Å². The van der Waals surface area contributed by atoms with Gasteiger partial charge in [-0.15, -0.1) is 0 Å². The van der Waals surface area contributed by atoms with E-state index >= 15 is 0 Å². The summed E-state index contributed by atoms with van der Waals surface area (Å²) in [7, 11) is 3.20. The van der Waals surface area contributed by atoms with E-state index in [4.69, 9.17) is 9.47 Å². The Hall–Kier alpha value is -3.38. The summed E-state index contributed by atoms with van der Waals surface area (Å²) in [6.07, 6.45) is 1.57. The van der Waals surface area contributed by atoms with Crippen LogP contribution < -0.4 is 14.8 Å². The highest BCUT2D eigenvalue weighted by Crippen LogP contribution is 2.28. The minimum absolute atomic E-state index is 0.0307. The topological polar surface area (TPSA) is 50.8 Å². The van der Waals surface area contributed by atoms with Crippen LogP contribution in [0.4, 0.5) is 10.1 Å². The number of piperidine rings is 1. The molecule has 3 aromatic rings. The van der Waals surface area contributed by atoms with Crippen LogP contribution in [0.15, 0.2) is 66.7 Å². The largest absolute Gasteiger partial charge is 0.497 e. The molecular weight excluding hydrogens is 419 g/mol. The van der Waals surface area contributed by atoms with E-state index in [1.165, 1.54) is 12.1 Å². The van der Waals surface area contributed by atoms with Crippen LogP contribution in [0.25, 0.3) is 11.1 Å². The Morgan fingerprint density at radius 2 is 1.70 bits per heavy atom. The van der Waals surface area contributed by atoms with E-state index in [0.717, 1.165) is 54.1 Å². The second kappa shape index (κ2) is 10.5. The monoisotopic (exact) mass is 448 g/mol. The number of methoxy groups -OCH3 is 2. The number of likely N-dealkylation sites (tertiary alicyclic amines) is 1. The SMILES string of the molecule is COc1cccc(-c2cccc(NC(=O)C3CCN(Cc4ccc(F)cc4OC)CC3)c2)c1. The van der Waals surface area contributed by atoms with E-state index in [2.05, 4.69) is 10.2 Å². The number of nitrogens with zero attached hydrogens (tertiary/aromatic N) is 1. The molecule has 1 fully saturated rings. The number of carbonyl (C=O) groups excluding carboxylic acids is 1. The summed E-state index contributed by atoms with van der Waals surface area (Å²) in [5.74, 6) is 1.08. The fourth-order valence-electron chi connectivity index (χ4n) is 4.27. The van der Waals surface area contributed by atoms with Gasteiger partial charge in [0, 0.05) is 29.8 Å². The van der Waals surface area contributed by atoms with Crippen LogP contribution in [-0.2, 0) is 11.3 Å². The molecule has 0 aliphatic carbocycles. The average molecular weight is 449 g/mol. The van der Waals surface area contributed by atoms with Gasteiger partial charge in [0.25, 0.3) is 0 Å². The number of ether oxygens (including phenoxy) is 2. The highest BCUT2D eigenvalue weighted by molar-refractivity contribution is 5.93. The van der Waals surface area contributed by atoms with Crippen molar-refractivity contribution in [1.29, 1.82) is 0 Å². The molecule has 0 atom stereocenters. The van der Waals surface area contributed by atoms with Gasteiger partial charge in [0.1, 0.15) is 17.3 Å². The van der Waals surface area contributed by atoms with Crippen molar-refractivity contribution >= 4 is 11.6 Å². The predicted octanol–water partition coefficient (Wildman–Crippen LogP) is 5.36. The van der Waals surface area contributed by atoms with Crippen LogP contribution >= 0.6 is 0 Å². The molecule has 1 heterocycles. The average Bonchev–Trinajstić information content (AvgIpc) is 2.85. The normalized spacial score (nSPS) is 14.6. The Labute approximate surface area is 194 Å². The fraction of sp³-hybridized carbons (Fsp3) is 0.296. The van der Waals surface area contributed by atoms with Crippen molar-refractivity contribution in [3.63, 3.8) is 0 Å². The van der Waals surface area contributed by atoms with E-state index in [9.17, 15) is 9.18 Å². The van der Waals surface area contributed by atoms with E-state index in [1.807, 2.05) is 48.5 Å². The zero-order valence-electron chi connectivity index (χ0n) is 19.0. The van der Waals surface area contributed by atoms with Gasteiger partial charge in [0.05, 0.1) is 14.2 Å². The molecule has 4 rings (SSSR count). The smallest absolute Gasteiger partial charge is 0.227 e. The molecule has 1 saturated heterocycles. The van der Waals surface area contributed by atoms with Crippen LogP contribution in [0.1, 0.15) is 18.4 Å². The van der Waals surface area contributed by atoms with E-state index in [1.54, 1.807) is 20.3 Å². The molecule has 0 bridgehead atoms. The van der Waals surface area contributed by atoms with Crippen molar-refractivity contribution in [3.05, 3.63) is 78.1 Å².